The van der Waals surface area contributed by atoms with Gasteiger partial charge < -0.3 is 19.4 Å². The number of fused-ring (bicyclic) bond motifs is 2. The van der Waals surface area contributed by atoms with Crippen molar-refractivity contribution in [2.45, 2.75) is 23.3 Å². The molecule has 1 amide bonds. The largest absolute Gasteiger partial charge is 0.454 e. The van der Waals surface area contributed by atoms with Gasteiger partial charge in [-0.2, -0.15) is 0 Å². The summed E-state index contributed by atoms with van der Waals surface area (Å²) in [4.78, 5) is 25.4. The Morgan fingerprint density at radius 3 is 2.49 bits per heavy atom. The van der Waals surface area contributed by atoms with Gasteiger partial charge in [0.05, 0.1) is 15.8 Å². The van der Waals surface area contributed by atoms with E-state index in [0.717, 1.165) is 36.0 Å². The van der Waals surface area contributed by atoms with Crippen molar-refractivity contribution in [1.29, 1.82) is 0 Å². The molecule has 1 N–H and O–H groups in total. The highest BCUT2D eigenvalue weighted by Gasteiger charge is 2.26. The summed E-state index contributed by atoms with van der Waals surface area (Å²) in [5.74, 6) is -0.371. The van der Waals surface area contributed by atoms with E-state index in [0.29, 0.717) is 22.7 Å². The van der Waals surface area contributed by atoms with Crippen LogP contribution in [0.4, 0.5) is 10.1 Å². The van der Waals surface area contributed by atoms with Crippen LogP contribution in [0.1, 0.15) is 5.56 Å². The summed E-state index contributed by atoms with van der Waals surface area (Å²) in [5, 5.41) is 2.82. The third-order valence-corrected chi connectivity index (χ3v) is 7.33. The maximum atomic E-state index is 13.4. The highest BCUT2D eigenvalue weighted by Crippen LogP contribution is 2.36. The van der Waals surface area contributed by atoms with Crippen LogP contribution in [-0.2, 0) is 21.2 Å². The van der Waals surface area contributed by atoms with Crippen molar-refractivity contribution < 1.29 is 27.1 Å². The Balaban J connectivity index is 1.64. The van der Waals surface area contributed by atoms with Crippen molar-refractivity contribution in [3.05, 3.63) is 88.5 Å². The van der Waals surface area contributed by atoms with E-state index < -0.39 is 31.9 Å². The van der Waals surface area contributed by atoms with Gasteiger partial charge in [-0.15, -0.1) is 0 Å². The van der Waals surface area contributed by atoms with Crippen molar-refractivity contribution >= 4 is 32.3 Å². The summed E-state index contributed by atoms with van der Waals surface area (Å²) in [7, 11) is -4.32. The number of hydrogen-bond donors (Lipinski definition) is 1. The van der Waals surface area contributed by atoms with E-state index in [1.165, 1.54) is 16.7 Å². The zero-order chi connectivity index (χ0) is 24.7. The predicted octanol–water partition coefficient (Wildman–Crippen LogP) is 3.65. The van der Waals surface area contributed by atoms with Gasteiger partial charge in [-0.1, -0.05) is 12.1 Å². The zero-order valence-corrected chi connectivity index (χ0v) is 19.3. The molecular formula is C25H19FN2O6S. The molecule has 3 aromatic carbocycles. The molecule has 0 saturated carbocycles. The van der Waals surface area contributed by atoms with Crippen LogP contribution in [0.2, 0.25) is 0 Å². The topological polar surface area (TPSA) is 104 Å². The number of nitrogens with one attached hydrogen (secondary N) is 1. The van der Waals surface area contributed by atoms with Crippen molar-refractivity contribution in [2.24, 2.45) is 0 Å². The highest BCUT2D eigenvalue weighted by molar-refractivity contribution is 7.91. The quantitative estimate of drug-likeness (QED) is 0.425. The number of anilines is 1. The Kier molecular flexibility index (Phi) is 5.52. The molecule has 4 aromatic rings. The van der Waals surface area contributed by atoms with Gasteiger partial charge in [0.15, 0.2) is 11.5 Å². The van der Waals surface area contributed by atoms with E-state index in [1.54, 1.807) is 18.2 Å². The predicted molar refractivity (Wildman–Crippen MR) is 126 cm³/mol. The molecule has 0 aliphatic carbocycles. The summed E-state index contributed by atoms with van der Waals surface area (Å²) in [5.41, 5.74) is 1.07. The molecule has 1 aromatic heterocycles. The molecule has 5 rings (SSSR count). The molecule has 178 valence electrons. The lowest BCUT2D eigenvalue weighted by atomic mass is 10.2. The highest BCUT2D eigenvalue weighted by atomic mass is 32.2. The van der Waals surface area contributed by atoms with Crippen LogP contribution in [0, 0.1) is 12.7 Å². The van der Waals surface area contributed by atoms with Crippen LogP contribution in [-0.4, -0.2) is 25.7 Å². The monoisotopic (exact) mass is 494 g/mol. The summed E-state index contributed by atoms with van der Waals surface area (Å²) in [6.07, 6.45) is 1.13. The number of nitrogens with zero attached hydrogens (tertiary/aromatic N) is 1. The lowest BCUT2D eigenvalue weighted by Crippen LogP contribution is -2.24. The molecule has 0 fully saturated rings. The number of carbonyl (C=O) groups is 1. The molecular weight excluding hydrogens is 475 g/mol. The van der Waals surface area contributed by atoms with Crippen LogP contribution in [0.25, 0.3) is 10.9 Å². The fourth-order valence-electron chi connectivity index (χ4n) is 3.89. The molecule has 2 heterocycles. The second kappa shape index (κ2) is 8.55. The Labute approximate surface area is 199 Å². The van der Waals surface area contributed by atoms with Gasteiger partial charge in [-0.05, 0) is 55.0 Å². The molecule has 1 aliphatic heterocycles. The lowest BCUT2D eigenvalue weighted by molar-refractivity contribution is -0.116. The molecule has 0 atom stereocenters. The first kappa shape index (κ1) is 22.6. The minimum Gasteiger partial charge on any atom is -0.454 e. The Bertz CT molecular complexity index is 1650. The molecule has 0 radical (unpaired) electrons. The van der Waals surface area contributed by atoms with E-state index in [1.807, 2.05) is 13.0 Å². The summed E-state index contributed by atoms with van der Waals surface area (Å²) in [6, 6.07) is 14.3. The van der Waals surface area contributed by atoms with Gasteiger partial charge in [0.1, 0.15) is 17.3 Å². The van der Waals surface area contributed by atoms with Crippen molar-refractivity contribution in [3.8, 4) is 11.5 Å². The number of rotatable bonds is 5. The fourth-order valence-corrected chi connectivity index (χ4v) is 5.26. The lowest BCUT2D eigenvalue weighted by Gasteiger charge is -2.15. The average molecular weight is 495 g/mol. The van der Waals surface area contributed by atoms with Crippen LogP contribution < -0.4 is 20.2 Å². The summed E-state index contributed by atoms with van der Waals surface area (Å²) < 4.78 is 52.1. The summed E-state index contributed by atoms with van der Waals surface area (Å²) in [6.45, 7) is 1.56. The maximum absolute atomic E-state index is 13.4. The van der Waals surface area contributed by atoms with Gasteiger partial charge in [-0.25, -0.2) is 12.8 Å². The van der Waals surface area contributed by atoms with Crippen molar-refractivity contribution in [3.63, 3.8) is 0 Å². The van der Waals surface area contributed by atoms with E-state index in [-0.39, 0.29) is 23.6 Å². The van der Waals surface area contributed by atoms with Crippen molar-refractivity contribution in [2.75, 3.05) is 12.1 Å². The number of pyridine rings is 1. The summed E-state index contributed by atoms with van der Waals surface area (Å²) >= 11 is 0. The van der Waals surface area contributed by atoms with Crippen molar-refractivity contribution in [1.82, 2.24) is 4.57 Å². The number of hydrogen-bond acceptors (Lipinski definition) is 6. The van der Waals surface area contributed by atoms with Crippen LogP contribution in [0.3, 0.4) is 0 Å². The van der Waals surface area contributed by atoms with Crippen LogP contribution in [0.15, 0.2) is 81.4 Å². The van der Waals surface area contributed by atoms with E-state index >= 15 is 0 Å². The molecule has 1 aliphatic rings. The van der Waals surface area contributed by atoms with Gasteiger partial charge >= 0.3 is 0 Å². The number of sulfone groups is 1. The minimum absolute atomic E-state index is 0.0424. The Morgan fingerprint density at radius 1 is 1.06 bits per heavy atom. The minimum atomic E-state index is -4.32. The average Bonchev–Trinajstić information content (AvgIpc) is 3.27. The Hall–Kier alpha value is -4.18. The number of aromatic nitrogens is 1. The van der Waals surface area contributed by atoms with Crippen LogP contribution in [0.5, 0.6) is 11.5 Å². The Morgan fingerprint density at radius 2 is 1.77 bits per heavy atom. The first-order chi connectivity index (χ1) is 16.7. The second-order valence-electron chi connectivity index (χ2n) is 8.05. The fraction of sp³-hybridized carbons (Fsp3) is 0.120. The number of amides is 1. The van der Waals surface area contributed by atoms with E-state index in [9.17, 15) is 22.4 Å². The van der Waals surface area contributed by atoms with Gasteiger partial charge in [0.25, 0.3) is 0 Å². The number of halogens is 1. The number of benzene rings is 3. The SMILES string of the molecule is Cc1cccc(NC(=O)Cn2cc(S(=O)(=O)c3ccc(F)cc3)c(=O)c3cc4c(cc32)OCO4)c1. The van der Waals surface area contributed by atoms with Gasteiger partial charge in [0.2, 0.25) is 28.0 Å². The van der Waals surface area contributed by atoms with Gasteiger partial charge in [-0.3, -0.25) is 9.59 Å². The molecule has 35 heavy (non-hydrogen) atoms. The number of aryl methyl sites for hydroxylation is 1. The molecule has 0 spiro atoms. The normalized spacial score (nSPS) is 12.6. The van der Waals surface area contributed by atoms with Crippen LogP contribution >= 0.6 is 0 Å². The zero-order valence-electron chi connectivity index (χ0n) is 18.4. The standard InChI is InChI=1S/C25H19FN2O6S/c1-15-3-2-4-17(9-15)27-24(29)13-28-12-23(35(31,32)18-7-5-16(26)6-8-18)25(30)19-10-21-22(11-20(19)28)34-14-33-21/h2-12H,13-14H2,1H3,(H,27,29). The first-order valence-corrected chi connectivity index (χ1v) is 12.0. The maximum Gasteiger partial charge on any atom is 0.244 e. The third kappa shape index (κ3) is 4.24. The van der Waals surface area contributed by atoms with E-state index in [2.05, 4.69) is 5.32 Å². The third-order valence-electron chi connectivity index (χ3n) is 5.57. The molecule has 8 nitrogen and oxygen atoms in total. The molecule has 10 heteroatoms. The van der Waals surface area contributed by atoms with E-state index in [4.69, 9.17) is 9.47 Å². The number of carbonyl (C=O) groups excluding carboxylic acids is 1. The van der Waals surface area contributed by atoms with Gasteiger partial charge in [0, 0.05) is 18.0 Å². The second-order valence-corrected chi connectivity index (χ2v) is 9.97. The smallest absolute Gasteiger partial charge is 0.244 e. The molecule has 0 saturated heterocycles. The molecule has 0 unspecified atom stereocenters. The number of ether oxygens (including phenoxy) is 2. The molecule has 0 bridgehead atoms. The first-order valence-electron chi connectivity index (χ1n) is 10.6.